The van der Waals surface area contributed by atoms with Gasteiger partial charge in [0, 0.05) is 11.1 Å². The number of phenolic OH excluding ortho intramolecular Hbond substituents is 2. The van der Waals surface area contributed by atoms with Crippen LogP contribution in [0, 0.1) is 6.92 Å². The van der Waals surface area contributed by atoms with Gasteiger partial charge >= 0.3 is 0 Å². The molecule has 0 unspecified atom stereocenters. The molecule has 13 heavy (non-hydrogen) atoms. The second-order valence-electron chi connectivity index (χ2n) is 2.61. The van der Waals surface area contributed by atoms with E-state index in [1.54, 1.807) is 6.92 Å². The average Bonchev–Trinajstić information content (AvgIpc) is 2.12. The maximum atomic E-state index is 10.5. The number of carbonyl (C=O) groups is 1. The molecule has 0 fully saturated rings. The van der Waals surface area contributed by atoms with Crippen molar-refractivity contribution >= 4 is 6.29 Å². The van der Waals surface area contributed by atoms with Gasteiger partial charge in [-0.05, 0) is 13.0 Å². The summed E-state index contributed by atoms with van der Waals surface area (Å²) in [5.74, 6) is -0.572. The Bertz CT molecular complexity index is 344. The zero-order chi connectivity index (χ0) is 10.0. The maximum absolute atomic E-state index is 10.5. The van der Waals surface area contributed by atoms with Crippen LogP contribution in [0.4, 0.5) is 0 Å². The summed E-state index contributed by atoms with van der Waals surface area (Å²) in [5, 5.41) is 18.5. The minimum atomic E-state index is -0.357. The molecule has 0 aliphatic carbocycles. The van der Waals surface area contributed by atoms with Crippen molar-refractivity contribution in [3.05, 3.63) is 17.2 Å². The van der Waals surface area contributed by atoms with Gasteiger partial charge in [0.1, 0.15) is 0 Å². The maximum Gasteiger partial charge on any atom is 0.200 e. The lowest BCUT2D eigenvalue weighted by molar-refractivity contribution is 0.112. The molecule has 0 bridgehead atoms. The molecule has 70 valence electrons. The zero-order valence-electron chi connectivity index (χ0n) is 7.37. The highest BCUT2D eigenvalue weighted by molar-refractivity contribution is 5.81. The van der Waals surface area contributed by atoms with Crippen molar-refractivity contribution in [3.63, 3.8) is 0 Å². The number of hydrogen-bond acceptors (Lipinski definition) is 4. The fourth-order valence-electron chi connectivity index (χ4n) is 1.12. The SMILES string of the molecule is COc1c(C)c(C=O)cc(O)c1O. The van der Waals surface area contributed by atoms with E-state index in [0.29, 0.717) is 17.4 Å². The lowest BCUT2D eigenvalue weighted by atomic mass is 10.1. The van der Waals surface area contributed by atoms with Crippen molar-refractivity contribution in [1.82, 2.24) is 0 Å². The fraction of sp³-hybridized carbons (Fsp3) is 0.222. The molecule has 1 aromatic carbocycles. The van der Waals surface area contributed by atoms with E-state index < -0.39 is 0 Å². The van der Waals surface area contributed by atoms with Gasteiger partial charge in [0.15, 0.2) is 17.8 Å². The topological polar surface area (TPSA) is 66.8 Å². The summed E-state index contributed by atoms with van der Waals surface area (Å²) in [5.41, 5.74) is 0.806. The molecule has 0 radical (unpaired) electrons. The number of phenols is 2. The highest BCUT2D eigenvalue weighted by Crippen LogP contribution is 2.39. The minimum Gasteiger partial charge on any atom is -0.504 e. The molecule has 1 rings (SSSR count). The van der Waals surface area contributed by atoms with Crippen LogP contribution in [0.3, 0.4) is 0 Å². The first kappa shape index (κ1) is 9.38. The first-order valence-electron chi connectivity index (χ1n) is 3.66. The van der Waals surface area contributed by atoms with E-state index in [4.69, 9.17) is 4.74 Å². The third-order valence-electron chi connectivity index (χ3n) is 1.85. The molecule has 0 aliphatic rings. The van der Waals surface area contributed by atoms with Crippen LogP contribution >= 0.6 is 0 Å². The molecule has 4 heteroatoms. The molecule has 0 atom stereocenters. The average molecular weight is 182 g/mol. The Balaban J connectivity index is 3.47. The lowest BCUT2D eigenvalue weighted by Gasteiger charge is -2.09. The number of methoxy groups -OCH3 is 1. The van der Waals surface area contributed by atoms with E-state index in [1.165, 1.54) is 13.2 Å². The molecule has 2 N–H and O–H groups in total. The highest BCUT2D eigenvalue weighted by atomic mass is 16.5. The van der Waals surface area contributed by atoms with Crippen molar-refractivity contribution in [2.45, 2.75) is 6.92 Å². The number of rotatable bonds is 2. The van der Waals surface area contributed by atoms with Crippen molar-refractivity contribution in [1.29, 1.82) is 0 Å². The van der Waals surface area contributed by atoms with Crippen molar-refractivity contribution in [2.75, 3.05) is 7.11 Å². The number of aromatic hydroxyl groups is 2. The molecular formula is C9H10O4. The number of aldehydes is 1. The summed E-state index contributed by atoms with van der Waals surface area (Å²) in [6, 6.07) is 1.19. The van der Waals surface area contributed by atoms with Crippen LogP contribution in [0.1, 0.15) is 15.9 Å². The highest BCUT2D eigenvalue weighted by Gasteiger charge is 2.14. The normalized spacial score (nSPS) is 9.69. The fourth-order valence-corrected chi connectivity index (χ4v) is 1.12. The Morgan fingerprint density at radius 2 is 2.08 bits per heavy atom. The number of benzene rings is 1. The third-order valence-corrected chi connectivity index (χ3v) is 1.85. The van der Waals surface area contributed by atoms with E-state index in [0.717, 1.165) is 0 Å². The van der Waals surface area contributed by atoms with Crippen molar-refractivity contribution in [2.24, 2.45) is 0 Å². The zero-order valence-corrected chi connectivity index (χ0v) is 7.37. The largest absolute Gasteiger partial charge is 0.504 e. The summed E-state index contributed by atoms with van der Waals surface area (Å²) in [6.45, 7) is 1.63. The van der Waals surface area contributed by atoms with E-state index in [-0.39, 0.29) is 17.2 Å². The van der Waals surface area contributed by atoms with Gasteiger partial charge in [-0.15, -0.1) is 0 Å². The number of carbonyl (C=O) groups excluding carboxylic acids is 1. The predicted molar refractivity (Wildman–Crippen MR) is 46.4 cm³/mol. The van der Waals surface area contributed by atoms with Crippen molar-refractivity contribution < 1.29 is 19.7 Å². The Hall–Kier alpha value is -1.71. The van der Waals surface area contributed by atoms with Crippen LogP contribution in [-0.2, 0) is 0 Å². The first-order valence-corrected chi connectivity index (χ1v) is 3.66. The summed E-state index contributed by atoms with van der Waals surface area (Å²) in [7, 11) is 1.36. The van der Waals surface area contributed by atoms with Gasteiger partial charge in [-0.2, -0.15) is 0 Å². The Kier molecular flexibility index (Phi) is 2.41. The Morgan fingerprint density at radius 1 is 1.46 bits per heavy atom. The lowest BCUT2D eigenvalue weighted by Crippen LogP contribution is -1.93. The smallest absolute Gasteiger partial charge is 0.200 e. The predicted octanol–water partition coefficient (Wildman–Crippen LogP) is 1.23. The van der Waals surface area contributed by atoms with Crippen LogP contribution in [-0.4, -0.2) is 23.6 Å². The molecule has 0 heterocycles. The van der Waals surface area contributed by atoms with Crippen LogP contribution in [0.2, 0.25) is 0 Å². The Labute approximate surface area is 75.4 Å². The minimum absolute atomic E-state index is 0.127. The number of ether oxygens (including phenoxy) is 1. The summed E-state index contributed by atoms with van der Waals surface area (Å²) >= 11 is 0. The third kappa shape index (κ3) is 1.42. The standard InChI is InChI=1S/C9H10O4/c1-5-6(4-10)3-7(11)8(12)9(5)13-2/h3-4,11-12H,1-2H3. The monoisotopic (exact) mass is 182 g/mol. The Morgan fingerprint density at radius 3 is 2.54 bits per heavy atom. The van der Waals surface area contributed by atoms with Gasteiger partial charge in [-0.3, -0.25) is 4.79 Å². The van der Waals surface area contributed by atoms with E-state index in [2.05, 4.69) is 0 Å². The summed E-state index contributed by atoms with van der Waals surface area (Å²) in [4.78, 5) is 10.5. The van der Waals surface area contributed by atoms with Gasteiger partial charge in [0.05, 0.1) is 7.11 Å². The summed E-state index contributed by atoms with van der Waals surface area (Å²) < 4.78 is 4.83. The molecule has 0 saturated carbocycles. The molecule has 4 nitrogen and oxygen atoms in total. The quantitative estimate of drug-likeness (QED) is 0.533. The number of hydrogen-bond donors (Lipinski definition) is 2. The van der Waals surface area contributed by atoms with Gasteiger partial charge in [-0.25, -0.2) is 0 Å². The second-order valence-corrected chi connectivity index (χ2v) is 2.61. The molecule has 1 aromatic rings. The molecule has 0 amide bonds. The van der Waals surface area contributed by atoms with Gasteiger partial charge in [-0.1, -0.05) is 0 Å². The van der Waals surface area contributed by atoms with Crippen molar-refractivity contribution in [3.8, 4) is 17.2 Å². The van der Waals surface area contributed by atoms with E-state index in [9.17, 15) is 15.0 Å². The molecule has 0 aromatic heterocycles. The first-order chi connectivity index (χ1) is 6.11. The van der Waals surface area contributed by atoms with Crippen LogP contribution in [0.25, 0.3) is 0 Å². The second kappa shape index (κ2) is 3.35. The van der Waals surface area contributed by atoms with Gasteiger partial charge in [0.25, 0.3) is 0 Å². The van der Waals surface area contributed by atoms with Crippen LogP contribution < -0.4 is 4.74 Å². The van der Waals surface area contributed by atoms with Gasteiger partial charge < -0.3 is 14.9 Å². The molecule has 0 aliphatic heterocycles. The molecule has 0 spiro atoms. The van der Waals surface area contributed by atoms with E-state index in [1.807, 2.05) is 0 Å². The molecular weight excluding hydrogens is 172 g/mol. The summed E-state index contributed by atoms with van der Waals surface area (Å²) in [6.07, 6.45) is 0.594. The molecule has 0 saturated heterocycles. The van der Waals surface area contributed by atoms with Crippen LogP contribution in [0.5, 0.6) is 17.2 Å². The van der Waals surface area contributed by atoms with E-state index >= 15 is 0 Å². The van der Waals surface area contributed by atoms with Gasteiger partial charge in [0.2, 0.25) is 5.75 Å². The van der Waals surface area contributed by atoms with Crippen LogP contribution in [0.15, 0.2) is 6.07 Å².